The fourth-order valence-corrected chi connectivity index (χ4v) is 5.30. The number of benzene rings is 2. The molecule has 1 aliphatic rings. The largest absolute Gasteiger partial charge is 0.347 e. The number of amides is 1. The molecule has 1 atom stereocenters. The lowest BCUT2D eigenvalue weighted by Gasteiger charge is -2.39. The number of piperazine rings is 1. The van der Waals surface area contributed by atoms with Crippen LogP contribution in [0.3, 0.4) is 0 Å². The monoisotopic (exact) mass is 421 g/mol. The fraction of sp³-hybridized carbons (Fsp3) is 0.350. The second kappa shape index (κ2) is 8.61. The summed E-state index contributed by atoms with van der Waals surface area (Å²) in [5, 5.41) is 0.217. The molecule has 2 aromatic carbocycles. The zero-order valence-electron chi connectivity index (χ0n) is 16.0. The molecule has 1 unspecified atom stereocenters. The summed E-state index contributed by atoms with van der Waals surface area (Å²) in [5.41, 5.74) is 0.906. The Kier molecular flexibility index (Phi) is 6.40. The Morgan fingerprint density at radius 2 is 1.54 bits per heavy atom. The van der Waals surface area contributed by atoms with E-state index < -0.39 is 16.1 Å². The van der Waals surface area contributed by atoms with Crippen molar-refractivity contribution in [2.75, 3.05) is 40.3 Å². The quantitative estimate of drug-likeness (QED) is 0.744. The van der Waals surface area contributed by atoms with Crippen LogP contribution >= 0.6 is 11.6 Å². The number of likely N-dealkylation sites (N-methyl/N-ethyl adjacent to an activating group) is 1. The molecule has 3 rings (SSSR count). The summed E-state index contributed by atoms with van der Waals surface area (Å²) in [5.74, 6) is -0.0198. The van der Waals surface area contributed by atoms with Crippen molar-refractivity contribution in [1.29, 1.82) is 0 Å². The van der Waals surface area contributed by atoms with Gasteiger partial charge in [0.05, 0.1) is 5.02 Å². The molecule has 28 heavy (non-hydrogen) atoms. The van der Waals surface area contributed by atoms with Crippen molar-refractivity contribution in [1.82, 2.24) is 14.1 Å². The number of nitrogens with zero attached hydrogens (tertiary/aromatic N) is 3. The maximum absolute atomic E-state index is 12.9. The van der Waals surface area contributed by atoms with Gasteiger partial charge in [0.25, 0.3) is 0 Å². The summed E-state index contributed by atoms with van der Waals surface area (Å²) >= 11 is 6.10. The maximum atomic E-state index is 12.9. The van der Waals surface area contributed by atoms with Crippen molar-refractivity contribution in [2.45, 2.75) is 10.9 Å². The third-order valence-electron chi connectivity index (χ3n) is 4.88. The van der Waals surface area contributed by atoms with Gasteiger partial charge in [0.15, 0.2) is 0 Å². The number of rotatable bonds is 5. The molecule has 8 heteroatoms. The third-order valence-corrected chi connectivity index (χ3v) is 7.28. The van der Waals surface area contributed by atoms with E-state index in [0.717, 1.165) is 5.56 Å². The Morgan fingerprint density at radius 1 is 0.964 bits per heavy atom. The summed E-state index contributed by atoms with van der Waals surface area (Å²) in [6.07, 6.45) is 0. The molecule has 0 N–H and O–H groups in total. The van der Waals surface area contributed by atoms with E-state index in [9.17, 15) is 13.2 Å². The average molecular weight is 422 g/mol. The van der Waals surface area contributed by atoms with Crippen molar-refractivity contribution in [2.24, 2.45) is 0 Å². The molecule has 2 aromatic rings. The van der Waals surface area contributed by atoms with Crippen LogP contribution in [0.4, 0.5) is 0 Å². The molecule has 1 fully saturated rings. The van der Waals surface area contributed by atoms with E-state index in [0.29, 0.717) is 26.2 Å². The Hall–Kier alpha value is -1.93. The molecule has 0 spiro atoms. The second-order valence-corrected chi connectivity index (χ2v) is 9.23. The van der Waals surface area contributed by atoms with E-state index in [4.69, 9.17) is 11.6 Å². The van der Waals surface area contributed by atoms with Gasteiger partial charge in [-0.1, -0.05) is 54.1 Å². The van der Waals surface area contributed by atoms with Crippen LogP contribution in [-0.4, -0.2) is 68.7 Å². The minimum absolute atomic E-state index is 0.0198. The van der Waals surface area contributed by atoms with Crippen molar-refractivity contribution in [3.63, 3.8) is 0 Å². The first-order chi connectivity index (χ1) is 13.3. The van der Waals surface area contributed by atoms with Gasteiger partial charge in [0.2, 0.25) is 15.9 Å². The molecular weight excluding hydrogens is 398 g/mol. The average Bonchev–Trinajstić information content (AvgIpc) is 2.69. The molecule has 1 amide bonds. The highest BCUT2D eigenvalue weighted by atomic mass is 35.5. The molecule has 0 aromatic heterocycles. The van der Waals surface area contributed by atoms with E-state index in [1.165, 1.54) is 10.4 Å². The molecule has 0 aliphatic carbocycles. The molecular formula is C20H24ClN3O3S. The minimum atomic E-state index is -3.66. The van der Waals surface area contributed by atoms with Crippen LogP contribution in [0, 0.1) is 0 Å². The highest BCUT2D eigenvalue weighted by Crippen LogP contribution is 2.28. The van der Waals surface area contributed by atoms with Crippen LogP contribution in [0.15, 0.2) is 59.5 Å². The van der Waals surface area contributed by atoms with Gasteiger partial charge in [0.1, 0.15) is 10.9 Å². The van der Waals surface area contributed by atoms with Crippen molar-refractivity contribution < 1.29 is 13.2 Å². The van der Waals surface area contributed by atoms with Gasteiger partial charge in [-0.3, -0.25) is 9.69 Å². The van der Waals surface area contributed by atoms with E-state index in [1.807, 2.05) is 35.2 Å². The van der Waals surface area contributed by atoms with Gasteiger partial charge in [-0.15, -0.1) is 0 Å². The van der Waals surface area contributed by atoms with Crippen molar-refractivity contribution in [3.8, 4) is 0 Å². The van der Waals surface area contributed by atoms with Crippen LogP contribution in [0.5, 0.6) is 0 Å². The standard InChI is InChI=1S/C20H24ClN3O3S/c1-22(2)20(25)19(16-8-4-3-5-9-16)23-12-14-24(15-13-23)28(26,27)18-11-7-6-10-17(18)21/h3-11,19H,12-15H2,1-2H3. The second-order valence-electron chi connectivity index (χ2n) is 6.92. The van der Waals surface area contributed by atoms with Gasteiger partial charge < -0.3 is 4.90 Å². The fourth-order valence-electron chi connectivity index (χ4n) is 3.38. The van der Waals surface area contributed by atoms with Crippen molar-refractivity contribution >= 4 is 27.5 Å². The van der Waals surface area contributed by atoms with E-state index in [2.05, 4.69) is 0 Å². The number of hydrogen-bond acceptors (Lipinski definition) is 4. The predicted molar refractivity (Wildman–Crippen MR) is 110 cm³/mol. The van der Waals surface area contributed by atoms with Gasteiger partial charge in [-0.05, 0) is 17.7 Å². The van der Waals surface area contributed by atoms with Gasteiger partial charge >= 0.3 is 0 Å². The summed E-state index contributed by atoms with van der Waals surface area (Å²) in [4.78, 5) is 16.6. The molecule has 0 radical (unpaired) electrons. The zero-order valence-corrected chi connectivity index (χ0v) is 17.5. The Morgan fingerprint density at radius 3 is 2.11 bits per heavy atom. The lowest BCUT2D eigenvalue weighted by Crippen LogP contribution is -2.52. The summed E-state index contributed by atoms with van der Waals surface area (Å²) < 4.78 is 27.3. The molecule has 1 heterocycles. The normalized spacial score (nSPS) is 17.2. The summed E-state index contributed by atoms with van der Waals surface area (Å²) in [6.45, 7) is 1.53. The number of hydrogen-bond donors (Lipinski definition) is 0. The van der Waals surface area contributed by atoms with Crippen LogP contribution in [-0.2, 0) is 14.8 Å². The predicted octanol–water partition coefficient (Wildman–Crippen LogP) is 2.48. The minimum Gasteiger partial charge on any atom is -0.347 e. The molecule has 150 valence electrons. The van der Waals surface area contributed by atoms with Gasteiger partial charge in [0, 0.05) is 40.3 Å². The molecule has 1 aliphatic heterocycles. The van der Waals surface area contributed by atoms with Gasteiger partial charge in [-0.2, -0.15) is 4.31 Å². The highest BCUT2D eigenvalue weighted by molar-refractivity contribution is 7.89. The molecule has 6 nitrogen and oxygen atoms in total. The third kappa shape index (κ3) is 4.22. The number of sulfonamides is 1. The van der Waals surface area contributed by atoms with Crippen LogP contribution in [0.1, 0.15) is 11.6 Å². The lowest BCUT2D eigenvalue weighted by molar-refractivity contribution is -0.135. The Labute approximate surface area is 171 Å². The van der Waals surface area contributed by atoms with Crippen LogP contribution in [0.25, 0.3) is 0 Å². The van der Waals surface area contributed by atoms with Crippen LogP contribution in [0.2, 0.25) is 5.02 Å². The Bertz CT molecular complexity index is 927. The molecule has 0 saturated carbocycles. The molecule has 0 bridgehead atoms. The maximum Gasteiger partial charge on any atom is 0.244 e. The van der Waals surface area contributed by atoms with E-state index >= 15 is 0 Å². The number of halogens is 1. The SMILES string of the molecule is CN(C)C(=O)C(c1ccccc1)N1CCN(S(=O)(=O)c2ccccc2Cl)CC1. The highest BCUT2D eigenvalue weighted by Gasteiger charge is 2.35. The number of carbonyl (C=O) groups excluding carboxylic acids is 1. The Balaban J connectivity index is 1.79. The smallest absolute Gasteiger partial charge is 0.244 e. The summed E-state index contributed by atoms with van der Waals surface area (Å²) in [7, 11) is -0.199. The van der Waals surface area contributed by atoms with E-state index in [-0.39, 0.29) is 15.8 Å². The topological polar surface area (TPSA) is 60.9 Å². The lowest BCUT2D eigenvalue weighted by atomic mass is 10.0. The number of carbonyl (C=O) groups is 1. The first kappa shape index (κ1) is 20.8. The first-order valence-electron chi connectivity index (χ1n) is 9.07. The first-order valence-corrected chi connectivity index (χ1v) is 10.9. The van der Waals surface area contributed by atoms with Crippen LogP contribution < -0.4 is 0 Å². The van der Waals surface area contributed by atoms with Gasteiger partial charge in [-0.25, -0.2) is 8.42 Å². The summed E-state index contributed by atoms with van der Waals surface area (Å²) in [6, 6.07) is 15.6. The van der Waals surface area contributed by atoms with E-state index in [1.54, 1.807) is 37.2 Å². The van der Waals surface area contributed by atoms with Crippen molar-refractivity contribution in [3.05, 3.63) is 65.2 Å². The zero-order chi connectivity index (χ0) is 20.3. The molecule has 1 saturated heterocycles.